The lowest BCUT2D eigenvalue weighted by Crippen LogP contribution is -2.25. The van der Waals surface area contributed by atoms with Gasteiger partial charge in [0.1, 0.15) is 5.75 Å². The van der Waals surface area contributed by atoms with Gasteiger partial charge in [0.25, 0.3) is 0 Å². The van der Waals surface area contributed by atoms with Crippen LogP contribution in [0.2, 0.25) is 0 Å². The Kier molecular flexibility index (Phi) is 4.02. The SMILES string of the molecule is COc1ccc2cc(CN(C)CC(=O)O)ccc2c1. The zero-order valence-electron chi connectivity index (χ0n) is 11.1. The number of nitrogens with zero attached hydrogens (tertiary/aromatic N) is 1. The molecule has 0 spiro atoms. The van der Waals surface area contributed by atoms with E-state index in [2.05, 4.69) is 6.07 Å². The standard InChI is InChI=1S/C15H17NO3/c1-16(10-15(17)18)9-11-3-4-13-8-14(19-2)6-5-12(13)7-11/h3-8H,9-10H2,1-2H3,(H,17,18). The highest BCUT2D eigenvalue weighted by atomic mass is 16.5. The van der Waals surface area contributed by atoms with Gasteiger partial charge in [0.15, 0.2) is 0 Å². The molecule has 100 valence electrons. The van der Waals surface area contributed by atoms with Crippen molar-refractivity contribution < 1.29 is 14.6 Å². The van der Waals surface area contributed by atoms with Crippen molar-refractivity contribution in [3.63, 3.8) is 0 Å². The van der Waals surface area contributed by atoms with Crippen LogP contribution in [0.25, 0.3) is 10.8 Å². The lowest BCUT2D eigenvalue weighted by Gasteiger charge is -2.14. The van der Waals surface area contributed by atoms with Crippen LogP contribution in [-0.4, -0.2) is 36.7 Å². The Labute approximate surface area is 112 Å². The Morgan fingerprint density at radius 2 is 1.89 bits per heavy atom. The van der Waals surface area contributed by atoms with Gasteiger partial charge in [0.2, 0.25) is 0 Å². The summed E-state index contributed by atoms with van der Waals surface area (Å²) in [5, 5.41) is 11.0. The molecule has 0 aliphatic carbocycles. The van der Waals surface area contributed by atoms with Gasteiger partial charge in [-0.25, -0.2) is 0 Å². The van der Waals surface area contributed by atoms with Crippen molar-refractivity contribution >= 4 is 16.7 Å². The summed E-state index contributed by atoms with van der Waals surface area (Å²) in [4.78, 5) is 12.4. The van der Waals surface area contributed by atoms with Crippen LogP contribution in [0, 0.1) is 0 Å². The molecule has 0 aliphatic rings. The first kappa shape index (κ1) is 13.4. The monoisotopic (exact) mass is 259 g/mol. The molecule has 0 saturated heterocycles. The van der Waals surface area contributed by atoms with Crippen molar-refractivity contribution in [2.24, 2.45) is 0 Å². The fourth-order valence-electron chi connectivity index (χ4n) is 2.10. The second-order valence-electron chi connectivity index (χ2n) is 4.61. The second-order valence-corrected chi connectivity index (χ2v) is 4.61. The maximum Gasteiger partial charge on any atom is 0.317 e. The van der Waals surface area contributed by atoms with Gasteiger partial charge in [-0.2, -0.15) is 0 Å². The number of likely N-dealkylation sites (N-methyl/N-ethyl adjacent to an activating group) is 1. The van der Waals surface area contributed by atoms with Gasteiger partial charge in [0.05, 0.1) is 13.7 Å². The fourth-order valence-corrected chi connectivity index (χ4v) is 2.10. The molecule has 19 heavy (non-hydrogen) atoms. The molecule has 2 rings (SSSR count). The number of carboxylic acid groups (broad SMARTS) is 1. The number of carbonyl (C=O) groups is 1. The average molecular weight is 259 g/mol. The topological polar surface area (TPSA) is 49.8 Å². The highest BCUT2D eigenvalue weighted by Gasteiger charge is 2.06. The van der Waals surface area contributed by atoms with Gasteiger partial charge in [-0.1, -0.05) is 18.2 Å². The molecule has 0 amide bonds. The first-order valence-corrected chi connectivity index (χ1v) is 6.05. The zero-order valence-corrected chi connectivity index (χ0v) is 11.1. The summed E-state index contributed by atoms with van der Waals surface area (Å²) in [6.45, 7) is 0.662. The van der Waals surface area contributed by atoms with Crippen molar-refractivity contribution in [1.29, 1.82) is 0 Å². The molecule has 4 heteroatoms. The Morgan fingerprint density at radius 1 is 1.21 bits per heavy atom. The quantitative estimate of drug-likeness (QED) is 0.895. The summed E-state index contributed by atoms with van der Waals surface area (Å²) in [6.07, 6.45) is 0. The lowest BCUT2D eigenvalue weighted by molar-refractivity contribution is -0.138. The van der Waals surface area contributed by atoms with E-state index in [-0.39, 0.29) is 6.54 Å². The van der Waals surface area contributed by atoms with Crippen LogP contribution in [0.15, 0.2) is 36.4 Å². The van der Waals surface area contributed by atoms with Crippen LogP contribution in [-0.2, 0) is 11.3 Å². The Balaban J connectivity index is 2.19. The molecule has 0 saturated carbocycles. The number of ether oxygens (including phenoxy) is 1. The van der Waals surface area contributed by atoms with Crippen LogP contribution >= 0.6 is 0 Å². The van der Waals surface area contributed by atoms with Crippen molar-refractivity contribution in [3.8, 4) is 5.75 Å². The lowest BCUT2D eigenvalue weighted by atomic mass is 10.1. The number of benzene rings is 2. The minimum atomic E-state index is -0.812. The number of rotatable bonds is 5. The third-order valence-corrected chi connectivity index (χ3v) is 2.97. The third-order valence-electron chi connectivity index (χ3n) is 2.97. The van der Waals surface area contributed by atoms with E-state index < -0.39 is 5.97 Å². The van der Waals surface area contributed by atoms with Crippen LogP contribution in [0.5, 0.6) is 5.75 Å². The molecule has 0 bridgehead atoms. The van der Waals surface area contributed by atoms with Gasteiger partial charge in [-0.3, -0.25) is 9.69 Å². The molecule has 0 aromatic heterocycles. The van der Waals surface area contributed by atoms with E-state index in [4.69, 9.17) is 9.84 Å². The van der Waals surface area contributed by atoms with E-state index in [1.165, 1.54) is 0 Å². The van der Waals surface area contributed by atoms with Gasteiger partial charge in [-0.05, 0) is 41.6 Å². The highest BCUT2D eigenvalue weighted by molar-refractivity contribution is 5.84. The van der Waals surface area contributed by atoms with Crippen molar-refractivity contribution in [2.75, 3.05) is 20.7 Å². The average Bonchev–Trinajstić information content (AvgIpc) is 2.37. The van der Waals surface area contributed by atoms with Gasteiger partial charge in [0, 0.05) is 6.54 Å². The molecule has 1 N–H and O–H groups in total. The number of carboxylic acids is 1. The first-order valence-electron chi connectivity index (χ1n) is 6.05. The Hall–Kier alpha value is -2.07. The maximum atomic E-state index is 10.6. The summed E-state index contributed by atoms with van der Waals surface area (Å²) in [5.74, 6) is 0.0243. The Bertz CT molecular complexity index is 595. The first-order chi connectivity index (χ1) is 9.08. The van der Waals surface area contributed by atoms with E-state index in [1.54, 1.807) is 19.1 Å². The molecule has 0 heterocycles. The van der Waals surface area contributed by atoms with Gasteiger partial charge < -0.3 is 9.84 Å². The molecule has 0 unspecified atom stereocenters. The van der Waals surface area contributed by atoms with E-state index in [0.717, 1.165) is 22.1 Å². The Morgan fingerprint density at radius 3 is 2.58 bits per heavy atom. The number of fused-ring (bicyclic) bond motifs is 1. The summed E-state index contributed by atoms with van der Waals surface area (Å²) in [7, 11) is 3.45. The molecule has 0 radical (unpaired) electrons. The predicted molar refractivity (Wildman–Crippen MR) is 74.5 cm³/mol. The van der Waals surface area contributed by atoms with Crippen molar-refractivity contribution in [1.82, 2.24) is 4.90 Å². The van der Waals surface area contributed by atoms with E-state index in [1.807, 2.05) is 30.3 Å². The van der Waals surface area contributed by atoms with Crippen LogP contribution in [0.1, 0.15) is 5.56 Å². The molecule has 0 fully saturated rings. The number of hydrogen-bond donors (Lipinski definition) is 1. The third kappa shape index (κ3) is 3.45. The maximum absolute atomic E-state index is 10.6. The number of aliphatic carboxylic acids is 1. The summed E-state index contributed by atoms with van der Waals surface area (Å²) in [5.41, 5.74) is 1.10. The molecule has 0 atom stereocenters. The van der Waals surface area contributed by atoms with Crippen molar-refractivity contribution in [2.45, 2.75) is 6.54 Å². The molecule has 2 aromatic rings. The minimum Gasteiger partial charge on any atom is -0.497 e. The van der Waals surface area contributed by atoms with E-state index in [9.17, 15) is 4.79 Å². The van der Waals surface area contributed by atoms with E-state index >= 15 is 0 Å². The molecular weight excluding hydrogens is 242 g/mol. The second kappa shape index (κ2) is 5.71. The van der Waals surface area contributed by atoms with Gasteiger partial charge >= 0.3 is 5.97 Å². The summed E-state index contributed by atoms with van der Waals surface area (Å²) < 4.78 is 5.19. The fraction of sp³-hybridized carbons (Fsp3) is 0.267. The largest absolute Gasteiger partial charge is 0.497 e. The van der Waals surface area contributed by atoms with E-state index in [0.29, 0.717) is 6.54 Å². The molecule has 2 aromatic carbocycles. The molecule has 0 aliphatic heterocycles. The minimum absolute atomic E-state index is 0.0423. The number of methoxy groups -OCH3 is 1. The summed E-state index contributed by atoms with van der Waals surface area (Å²) in [6, 6.07) is 12.0. The molecule has 4 nitrogen and oxygen atoms in total. The highest BCUT2D eigenvalue weighted by Crippen LogP contribution is 2.22. The van der Waals surface area contributed by atoms with Crippen LogP contribution in [0.3, 0.4) is 0 Å². The van der Waals surface area contributed by atoms with Crippen LogP contribution in [0.4, 0.5) is 0 Å². The number of hydrogen-bond acceptors (Lipinski definition) is 3. The van der Waals surface area contributed by atoms with Crippen LogP contribution < -0.4 is 4.74 Å². The molecular formula is C15H17NO3. The zero-order chi connectivity index (χ0) is 13.8. The predicted octanol–water partition coefficient (Wildman–Crippen LogP) is 2.36. The smallest absolute Gasteiger partial charge is 0.317 e. The normalized spacial score (nSPS) is 10.9. The van der Waals surface area contributed by atoms with Gasteiger partial charge in [-0.15, -0.1) is 0 Å². The summed E-state index contributed by atoms with van der Waals surface area (Å²) >= 11 is 0. The van der Waals surface area contributed by atoms with Crippen molar-refractivity contribution in [3.05, 3.63) is 42.0 Å².